The fraction of sp³-hybridized carbons (Fsp3) is 0.550. The molecule has 0 aromatic carbocycles. The Hall–Kier alpha value is -2.65. The first kappa shape index (κ1) is 19.7. The number of aromatic nitrogens is 2. The van der Waals surface area contributed by atoms with Gasteiger partial charge in [0.2, 0.25) is 5.56 Å². The summed E-state index contributed by atoms with van der Waals surface area (Å²) in [7, 11) is 0. The predicted molar refractivity (Wildman–Crippen MR) is 109 cm³/mol. The number of carbonyl (C=O) groups is 1. The summed E-state index contributed by atoms with van der Waals surface area (Å²) >= 11 is 0. The lowest BCUT2D eigenvalue weighted by atomic mass is 10.1. The normalized spacial score (nSPS) is 18.2. The van der Waals surface area contributed by atoms with E-state index in [-0.39, 0.29) is 11.7 Å². The molecule has 4 heterocycles. The lowest BCUT2D eigenvalue weighted by Crippen LogP contribution is -2.49. The molecule has 2 fully saturated rings. The SMILES string of the molecule is CCOC(=O)N1CCN(c2cc(CN3CCOCC3)c3ccc(=O)[nH]c3n2)CC1. The van der Waals surface area contributed by atoms with Crippen molar-refractivity contribution in [2.45, 2.75) is 13.5 Å². The Labute approximate surface area is 169 Å². The van der Waals surface area contributed by atoms with Crippen LogP contribution >= 0.6 is 0 Å². The second-order valence-corrected chi connectivity index (χ2v) is 7.29. The van der Waals surface area contributed by atoms with Crippen molar-refractivity contribution in [3.05, 3.63) is 34.1 Å². The van der Waals surface area contributed by atoms with E-state index >= 15 is 0 Å². The second-order valence-electron chi connectivity index (χ2n) is 7.29. The van der Waals surface area contributed by atoms with E-state index in [1.165, 1.54) is 0 Å². The Morgan fingerprint density at radius 3 is 2.66 bits per heavy atom. The van der Waals surface area contributed by atoms with Gasteiger partial charge in [0.25, 0.3) is 0 Å². The van der Waals surface area contributed by atoms with Gasteiger partial charge in [0.1, 0.15) is 11.5 Å². The third-order valence-corrected chi connectivity index (χ3v) is 5.40. The number of hydrogen-bond donors (Lipinski definition) is 1. The topological polar surface area (TPSA) is 91.0 Å². The highest BCUT2D eigenvalue weighted by Crippen LogP contribution is 2.24. The molecule has 2 aliphatic rings. The van der Waals surface area contributed by atoms with Crippen LogP contribution in [0, 0.1) is 0 Å². The second kappa shape index (κ2) is 8.79. The number of pyridine rings is 2. The predicted octanol–water partition coefficient (Wildman–Crippen LogP) is 1.03. The van der Waals surface area contributed by atoms with Crippen LogP contribution in [0.4, 0.5) is 10.6 Å². The number of ether oxygens (including phenoxy) is 2. The van der Waals surface area contributed by atoms with Crippen LogP contribution in [-0.4, -0.2) is 85.0 Å². The van der Waals surface area contributed by atoms with E-state index in [9.17, 15) is 9.59 Å². The molecule has 0 bridgehead atoms. The zero-order valence-corrected chi connectivity index (χ0v) is 16.7. The fourth-order valence-electron chi connectivity index (χ4n) is 3.82. The summed E-state index contributed by atoms with van der Waals surface area (Å²) in [4.78, 5) is 37.6. The van der Waals surface area contributed by atoms with E-state index in [4.69, 9.17) is 14.5 Å². The molecule has 0 radical (unpaired) electrons. The van der Waals surface area contributed by atoms with Crippen molar-refractivity contribution in [1.82, 2.24) is 19.8 Å². The molecule has 0 spiro atoms. The smallest absolute Gasteiger partial charge is 0.409 e. The van der Waals surface area contributed by atoms with Gasteiger partial charge in [0, 0.05) is 57.3 Å². The van der Waals surface area contributed by atoms with Gasteiger partial charge in [-0.3, -0.25) is 9.69 Å². The monoisotopic (exact) mass is 401 g/mol. The molecule has 4 rings (SSSR count). The number of rotatable bonds is 4. The third kappa shape index (κ3) is 4.51. The maximum Gasteiger partial charge on any atom is 0.409 e. The highest BCUT2D eigenvalue weighted by atomic mass is 16.6. The molecule has 0 unspecified atom stereocenters. The lowest BCUT2D eigenvalue weighted by molar-refractivity contribution is 0.0343. The number of hydrogen-bond acceptors (Lipinski definition) is 7. The molecule has 1 N–H and O–H groups in total. The number of piperazine rings is 1. The summed E-state index contributed by atoms with van der Waals surface area (Å²) in [6.45, 7) is 8.74. The number of anilines is 1. The molecule has 0 saturated carbocycles. The molecule has 2 aromatic heterocycles. The molecule has 0 aliphatic carbocycles. The molecular weight excluding hydrogens is 374 g/mol. The van der Waals surface area contributed by atoms with E-state index in [0.29, 0.717) is 38.4 Å². The fourth-order valence-corrected chi connectivity index (χ4v) is 3.82. The quantitative estimate of drug-likeness (QED) is 0.818. The van der Waals surface area contributed by atoms with Gasteiger partial charge in [-0.2, -0.15) is 0 Å². The number of amides is 1. The Morgan fingerprint density at radius 1 is 1.17 bits per heavy atom. The maximum atomic E-state index is 11.9. The average Bonchev–Trinajstić information content (AvgIpc) is 2.74. The first-order valence-electron chi connectivity index (χ1n) is 10.1. The molecule has 9 nitrogen and oxygen atoms in total. The zero-order valence-electron chi connectivity index (χ0n) is 16.7. The summed E-state index contributed by atoms with van der Waals surface area (Å²) in [6.07, 6.45) is -0.268. The molecular formula is C20H27N5O4. The van der Waals surface area contributed by atoms with E-state index in [2.05, 4.69) is 20.9 Å². The van der Waals surface area contributed by atoms with E-state index in [0.717, 1.165) is 49.6 Å². The standard InChI is InChI=1S/C20H27N5O4/c1-2-29-20(27)25-7-5-24(6-8-25)17-13-15(14-23-9-11-28-12-10-23)16-3-4-18(26)22-19(16)21-17/h3-4,13H,2,5-12,14H2,1H3,(H,21,22,26). The van der Waals surface area contributed by atoms with Gasteiger partial charge >= 0.3 is 6.09 Å². The van der Waals surface area contributed by atoms with Gasteiger partial charge in [0.15, 0.2) is 0 Å². The van der Waals surface area contributed by atoms with Crippen molar-refractivity contribution in [2.24, 2.45) is 0 Å². The largest absolute Gasteiger partial charge is 0.450 e. The van der Waals surface area contributed by atoms with Gasteiger partial charge in [-0.1, -0.05) is 0 Å². The van der Waals surface area contributed by atoms with Gasteiger partial charge in [-0.05, 0) is 24.6 Å². The highest BCUT2D eigenvalue weighted by Gasteiger charge is 2.24. The van der Waals surface area contributed by atoms with Gasteiger partial charge < -0.3 is 24.3 Å². The van der Waals surface area contributed by atoms with Crippen molar-refractivity contribution in [1.29, 1.82) is 0 Å². The Kier molecular flexibility index (Phi) is 5.96. The zero-order chi connectivity index (χ0) is 20.2. The molecule has 156 valence electrons. The van der Waals surface area contributed by atoms with E-state index in [1.54, 1.807) is 11.0 Å². The van der Waals surface area contributed by atoms with E-state index < -0.39 is 0 Å². The number of morpholine rings is 1. The minimum absolute atomic E-state index is 0.161. The summed E-state index contributed by atoms with van der Waals surface area (Å²) in [5.74, 6) is 0.825. The van der Waals surface area contributed by atoms with Crippen LogP contribution in [0.3, 0.4) is 0 Å². The van der Waals surface area contributed by atoms with Crippen molar-refractivity contribution >= 4 is 22.9 Å². The Morgan fingerprint density at radius 2 is 1.93 bits per heavy atom. The molecule has 1 amide bonds. The van der Waals surface area contributed by atoms with Gasteiger partial charge in [0.05, 0.1) is 19.8 Å². The highest BCUT2D eigenvalue weighted by molar-refractivity contribution is 5.81. The van der Waals surface area contributed by atoms with Crippen molar-refractivity contribution < 1.29 is 14.3 Å². The minimum atomic E-state index is -0.268. The number of fused-ring (bicyclic) bond motifs is 1. The summed E-state index contributed by atoms with van der Waals surface area (Å²) < 4.78 is 10.5. The number of nitrogens with zero attached hydrogens (tertiary/aromatic N) is 4. The molecule has 0 atom stereocenters. The first-order valence-corrected chi connectivity index (χ1v) is 10.1. The lowest BCUT2D eigenvalue weighted by Gasteiger charge is -2.35. The van der Waals surface area contributed by atoms with Crippen LogP contribution in [0.25, 0.3) is 11.0 Å². The van der Waals surface area contributed by atoms with Crippen LogP contribution in [0.1, 0.15) is 12.5 Å². The molecule has 9 heteroatoms. The summed E-state index contributed by atoms with van der Waals surface area (Å²) in [5, 5.41) is 0.963. The molecule has 2 aliphatic heterocycles. The Bertz CT molecular complexity index is 917. The third-order valence-electron chi connectivity index (χ3n) is 5.40. The summed E-state index contributed by atoms with van der Waals surface area (Å²) in [5.41, 5.74) is 1.58. The number of H-pyrrole nitrogens is 1. The minimum Gasteiger partial charge on any atom is -0.450 e. The molecule has 29 heavy (non-hydrogen) atoms. The molecule has 2 saturated heterocycles. The maximum absolute atomic E-state index is 11.9. The van der Waals surface area contributed by atoms with E-state index in [1.807, 2.05) is 13.0 Å². The van der Waals surface area contributed by atoms with Gasteiger partial charge in [-0.25, -0.2) is 9.78 Å². The van der Waals surface area contributed by atoms with Crippen LogP contribution in [-0.2, 0) is 16.0 Å². The van der Waals surface area contributed by atoms with Crippen LogP contribution in [0.5, 0.6) is 0 Å². The average molecular weight is 401 g/mol. The van der Waals surface area contributed by atoms with Gasteiger partial charge in [-0.15, -0.1) is 0 Å². The van der Waals surface area contributed by atoms with Crippen LogP contribution in [0.15, 0.2) is 23.0 Å². The first-order chi connectivity index (χ1) is 14.1. The van der Waals surface area contributed by atoms with Crippen molar-refractivity contribution in [2.75, 3.05) is 64.0 Å². The van der Waals surface area contributed by atoms with Crippen molar-refractivity contribution in [3.8, 4) is 0 Å². The number of carbonyl (C=O) groups excluding carboxylic acids is 1. The van der Waals surface area contributed by atoms with Crippen LogP contribution in [0.2, 0.25) is 0 Å². The Balaban J connectivity index is 1.57. The number of aromatic amines is 1. The number of nitrogens with one attached hydrogen (secondary N) is 1. The molecule has 2 aromatic rings. The van der Waals surface area contributed by atoms with Crippen molar-refractivity contribution in [3.63, 3.8) is 0 Å². The summed E-state index contributed by atoms with van der Waals surface area (Å²) in [6, 6.07) is 5.50. The van der Waals surface area contributed by atoms with Crippen LogP contribution < -0.4 is 10.5 Å².